The topological polar surface area (TPSA) is 73.8 Å². The largest absolute Gasteiger partial charge is 0.308 e. The van der Waals surface area contributed by atoms with Crippen molar-refractivity contribution in [2.45, 2.75) is 43.4 Å². The van der Waals surface area contributed by atoms with Crippen LogP contribution in [0.25, 0.3) is 10.2 Å². The van der Waals surface area contributed by atoms with Crippen molar-refractivity contribution < 1.29 is 13.2 Å². The van der Waals surface area contributed by atoms with E-state index < -0.39 is 16.1 Å². The van der Waals surface area contributed by atoms with Gasteiger partial charge >= 0.3 is 0 Å². The number of amides is 1. The highest BCUT2D eigenvalue weighted by molar-refractivity contribution is 7.91. The molecule has 0 bridgehead atoms. The lowest BCUT2D eigenvalue weighted by Crippen LogP contribution is -2.53. The van der Waals surface area contributed by atoms with Crippen molar-refractivity contribution in [3.05, 3.63) is 39.7 Å². The maximum absolute atomic E-state index is 14.0. The van der Waals surface area contributed by atoms with E-state index in [1.54, 1.807) is 11.0 Å². The molecular formula is C23H29ClN4O3S3. The normalized spacial score (nSPS) is 17.5. The Morgan fingerprint density at radius 1 is 1.12 bits per heavy atom. The van der Waals surface area contributed by atoms with Gasteiger partial charge in [-0.05, 0) is 64.0 Å². The summed E-state index contributed by atoms with van der Waals surface area (Å²) in [5, 5.41) is 0.612. The number of likely N-dealkylation sites (N-methyl/N-ethyl adjacent to an activating group) is 1. The quantitative estimate of drug-likeness (QED) is 0.432. The van der Waals surface area contributed by atoms with Crippen LogP contribution in [0.15, 0.2) is 28.5 Å². The number of carbonyl (C=O) groups is 1. The average molecular weight is 541 g/mol. The second-order valence-corrected chi connectivity index (χ2v) is 13.7. The van der Waals surface area contributed by atoms with Gasteiger partial charge in [0.15, 0.2) is 5.13 Å². The van der Waals surface area contributed by atoms with Crippen molar-refractivity contribution in [1.82, 2.24) is 14.2 Å². The molecule has 0 saturated carbocycles. The van der Waals surface area contributed by atoms with Crippen LogP contribution in [0.4, 0.5) is 5.13 Å². The Labute approximate surface area is 214 Å². The zero-order valence-electron chi connectivity index (χ0n) is 19.7. The fourth-order valence-electron chi connectivity index (χ4n) is 4.13. The summed E-state index contributed by atoms with van der Waals surface area (Å²) >= 11 is 8.53. The number of hydrogen-bond acceptors (Lipinski definition) is 7. The minimum absolute atomic E-state index is 0.170. The molecule has 7 nitrogen and oxygen atoms in total. The molecule has 34 heavy (non-hydrogen) atoms. The molecule has 1 saturated heterocycles. The van der Waals surface area contributed by atoms with Crippen LogP contribution in [0, 0.1) is 13.8 Å². The highest BCUT2D eigenvalue weighted by Crippen LogP contribution is 2.36. The molecule has 2 aromatic heterocycles. The van der Waals surface area contributed by atoms with Gasteiger partial charge in [0.05, 0.1) is 14.6 Å². The number of rotatable bonds is 7. The van der Waals surface area contributed by atoms with Gasteiger partial charge in [0.1, 0.15) is 10.3 Å². The molecule has 0 spiro atoms. The third-order valence-electron chi connectivity index (χ3n) is 6.05. The van der Waals surface area contributed by atoms with Gasteiger partial charge in [-0.2, -0.15) is 4.31 Å². The van der Waals surface area contributed by atoms with E-state index in [2.05, 4.69) is 6.07 Å². The van der Waals surface area contributed by atoms with E-state index in [9.17, 15) is 13.2 Å². The first-order valence-electron chi connectivity index (χ1n) is 11.2. The van der Waals surface area contributed by atoms with Crippen LogP contribution in [0.2, 0.25) is 4.34 Å². The highest BCUT2D eigenvalue weighted by Gasteiger charge is 2.41. The predicted molar refractivity (Wildman–Crippen MR) is 141 cm³/mol. The summed E-state index contributed by atoms with van der Waals surface area (Å²) in [4.78, 5) is 22.5. The summed E-state index contributed by atoms with van der Waals surface area (Å²) in [6.45, 7) is 5.43. The molecule has 3 heterocycles. The third kappa shape index (κ3) is 5.03. The number of sulfonamides is 1. The summed E-state index contributed by atoms with van der Waals surface area (Å²) in [7, 11) is 0.0752. The lowest BCUT2D eigenvalue weighted by Gasteiger charge is -2.36. The Hall–Kier alpha value is -1.56. The molecule has 1 aliphatic heterocycles. The fourth-order valence-corrected chi connectivity index (χ4v) is 8.54. The number of nitrogens with zero attached hydrogens (tertiary/aromatic N) is 4. The van der Waals surface area contributed by atoms with Crippen molar-refractivity contribution in [1.29, 1.82) is 0 Å². The number of thiazole rings is 1. The Morgan fingerprint density at radius 2 is 1.85 bits per heavy atom. The second-order valence-electron chi connectivity index (χ2n) is 8.85. The lowest BCUT2D eigenvalue weighted by atomic mass is 10.0. The van der Waals surface area contributed by atoms with Crippen molar-refractivity contribution >= 4 is 65.6 Å². The molecule has 11 heteroatoms. The molecule has 1 unspecified atom stereocenters. The van der Waals surface area contributed by atoms with Crippen LogP contribution in [0.5, 0.6) is 0 Å². The predicted octanol–water partition coefficient (Wildman–Crippen LogP) is 4.77. The monoisotopic (exact) mass is 540 g/mol. The third-order valence-corrected chi connectivity index (χ3v) is 10.9. The minimum Gasteiger partial charge on any atom is -0.308 e. The zero-order chi connectivity index (χ0) is 24.6. The molecule has 3 aromatic rings. The SMILES string of the molecule is Cc1ccc(C)c2sc(N(CCN(C)C)C(=O)C3CCCCN3S(=O)(=O)c3ccc(Cl)s3)nc12. The second kappa shape index (κ2) is 10.2. The number of aryl methyl sites for hydroxylation is 2. The van der Waals surface area contributed by atoms with Crippen LogP contribution >= 0.6 is 34.3 Å². The number of fused-ring (bicyclic) bond motifs is 1. The number of hydrogen-bond donors (Lipinski definition) is 0. The average Bonchev–Trinajstić information content (AvgIpc) is 3.44. The molecular weight excluding hydrogens is 512 g/mol. The van der Waals surface area contributed by atoms with Crippen LogP contribution < -0.4 is 4.90 Å². The molecule has 1 amide bonds. The van der Waals surface area contributed by atoms with Gasteiger partial charge < -0.3 is 4.90 Å². The summed E-state index contributed by atoms with van der Waals surface area (Å²) in [5.74, 6) is -0.220. The van der Waals surface area contributed by atoms with E-state index in [-0.39, 0.29) is 10.1 Å². The van der Waals surface area contributed by atoms with E-state index in [1.165, 1.54) is 21.7 Å². The Kier molecular flexibility index (Phi) is 7.66. The first kappa shape index (κ1) is 25.5. The van der Waals surface area contributed by atoms with E-state index >= 15 is 0 Å². The summed E-state index contributed by atoms with van der Waals surface area (Å²) < 4.78 is 29.9. The van der Waals surface area contributed by atoms with Crippen LogP contribution in [0.1, 0.15) is 30.4 Å². The van der Waals surface area contributed by atoms with Gasteiger partial charge in [-0.15, -0.1) is 11.3 Å². The van der Waals surface area contributed by atoms with Gasteiger partial charge in [-0.25, -0.2) is 13.4 Å². The smallest absolute Gasteiger partial charge is 0.253 e. The van der Waals surface area contributed by atoms with Crippen LogP contribution in [-0.4, -0.2) is 68.3 Å². The Balaban J connectivity index is 1.73. The zero-order valence-corrected chi connectivity index (χ0v) is 23.0. The summed E-state index contributed by atoms with van der Waals surface area (Å²) in [6, 6.07) is 6.43. The number of anilines is 1. The number of piperidine rings is 1. The standard InChI is InChI=1S/C23H29ClN4O3S3/c1-15-8-9-16(2)21-20(15)25-23(33-21)27(14-13-26(3)4)22(29)17-7-5-6-12-28(17)34(30,31)19-11-10-18(24)32-19/h8-11,17H,5-7,12-14H2,1-4H3. The molecule has 1 aromatic carbocycles. The number of halogens is 1. The van der Waals surface area contributed by atoms with Crippen molar-refractivity contribution in [2.75, 3.05) is 38.6 Å². The maximum atomic E-state index is 14.0. The molecule has 1 fully saturated rings. The molecule has 1 atom stereocenters. The lowest BCUT2D eigenvalue weighted by molar-refractivity contribution is -0.123. The molecule has 1 aliphatic rings. The van der Waals surface area contributed by atoms with E-state index in [1.807, 2.05) is 38.9 Å². The Bertz CT molecular complexity index is 1260. The first-order valence-corrected chi connectivity index (χ1v) is 14.6. The Morgan fingerprint density at radius 3 is 2.50 bits per heavy atom. The molecule has 4 rings (SSSR count). The van der Waals surface area contributed by atoms with Crippen LogP contribution in [-0.2, 0) is 14.8 Å². The van der Waals surface area contributed by atoms with Crippen molar-refractivity contribution in [2.24, 2.45) is 0 Å². The fraction of sp³-hybridized carbons (Fsp3) is 0.478. The van der Waals surface area contributed by atoms with E-state index in [4.69, 9.17) is 16.6 Å². The van der Waals surface area contributed by atoms with Gasteiger partial charge in [-0.3, -0.25) is 9.69 Å². The first-order chi connectivity index (χ1) is 16.1. The number of aromatic nitrogens is 1. The number of carbonyl (C=O) groups excluding carboxylic acids is 1. The van der Waals surface area contributed by atoms with Crippen LogP contribution in [0.3, 0.4) is 0 Å². The molecule has 0 N–H and O–H groups in total. The molecule has 184 valence electrons. The minimum atomic E-state index is -3.83. The summed E-state index contributed by atoms with van der Waals surface area (Å²) in [5.41, 5.74) is 3.06. The van der Waals surface area contributed by atoms with Gasteiger partial charge in [0, 0.05) is 19.6 Å². The van der Waals surface area contributed by atoms with Gasteiger partial charge in [0.2, 0.25) is 5.91 Å². The van der Waals surface area contributed by atoms with Gasteiger partial charge in [0.25, 0.3) is 10.0 Å². The van der Waals surface area contributed by atoms with Crippen molar-refractivity contribution in [3.63, 3.8) is 0 Å². The van der Waals surface area contributed by atoms with Gasteiger partial charge in [-0.1, -0.05) is 41.5 Å². The van der Waals surface area contributed by atoms with E-state index in [0.717, 1.165) is 45.5 Å². The molecule has 0 radical (unpaired) electrons. The number of thiophene rings is 1. The van der Waals surface area contributed by atoms with Crippen molar-refractivity contribution in [3.8, 4) is 0 Å². The molecule has 0 aliphatic carbocycles. The van der Waals surface area contributed by atoms with E-state index in [0.29, 0.717) is 35.5 Å². The highest BCUT2D eigenvalue weighted by atomic mass is 35.5. The maximum Gasteiger partial charge on any atom is 0.253 e. The number of benzene rings is 1. The summed E-state index contributed by atoms with van der Waals surface area (Å²) in [6.07, 6.45) is 2.01.